The van der Waals surface area contributed by atoms with Gasteiger partial charge in [-0.3, -0.25) is 14.7 Å². The second kappa shape index (κ2) is 13.4. The highest BCUT2D eigenvalue weighted by Gasteiger charge is 2.65. The second-order valence-corrected chi connectivity index (χ2v) is 13.1. The number of benzene rings is 2. The first-order valence-electron chi connectivity index (χ1n) is 16.1. The molecule has 4 aliphatic rings. The number of piperidine rings is 1. The molecule has 4 fully saturated rings. The minimum Gasteiger partial charge on any atom is -0.492 e. The van der Waals surface area contributed by atoms with Gasteiger partial charge in [0.2, 0.25) is 5.79 Å². The average molecular weight is 636 g/mol. The Kier molecular flexibility index (Phi) is 9.47. The van der Waals surface area contributed by atoms with Crippen LogP contribution in [0.15, 0.2) is 58.6 Å². The first kappa shape index (κ1) is 32.5. The molecule has 2 aromatic carbocycles. The number of aliphatic imine (C=N–C) groups is 1. The van der Waals surface area contributed by atoms with E-state index in [2.05, 4.69) is 20.3 Å². The number of carbonyl (C=O) groups excluding carboxylic acids is 1. The SMILES string of the molecule is CC1(C)O[C@@H]2[C@@H](CO[C@@]3(CN=C/C(=N\N)c4ccc(NC(=O)c5ccc(OCCN6CCCCC6)cc5)cc4)OC(C)(C)O[C@@H]23)O1. The van der Waals surface area contributed by atoms with Crippen LogP contribution in [0.2, 0.25) is 0 Å². The molecule has 46 heavy (non-hydrogen) atoms. The fourth-order valence-electron chi connectivity index (χ4n) is 6.51. The number of fused-ring (bicyclic) bond motifs is 3. The van der Waals surface area contributed by atoms with Gasteiger partial charge in [-0.05, 0) is 90.0 Å². The predicted molar refractivity (Wildman–Crippen MR) is 173 cm³/mol. The summed E-state index contributed by atoms with van der Waals surface area (Å²) in [6.07, 6.45) is 4.27. The van der Waals surface area contributed by atoms with Gasteiger partial charge >= 0.3 is 0 Å². The Morgan fingerprint density at radius 3 is 2.41 bits per heavy atom. The fraction of sp³-hybridized carbons (Fsp3) is 0.559. The molecule has 3 N–H and O–H groups in total. The highest BCUT2D eigenvalue weighted by Crippen LogP contribution is 2.47. The summed E-state index contributed by atoms with van der Waals surface area (Å²) in [6.45, 7) is 11.7. The van der Waals surface area contributed by atoms with Crippen molar-refractivity contribution in [3.05, 3.63) is 59.7 Å². The average Bonchev–Trinajstić information content (AvgIpc) is 3.51. The highest BCUT2D eigenvalue weighted by molar-refractivity contribution is 6.38. The molecular formula is C34H45N5O7. The van der Waals surface area contributed by atoms with Crippen LogP contribution in [0.5, 0.6) is 5.75 Å². The molecule has 0 aliphatic carbocycles. The van der Waals surface area contributed by atoms with Gasteiger partial charge in [-0.1, -0.05) is 18.6 Å². The molecule has 12 nitrogen and oxygen atoms in total. The van der Waals surface area contributed by atoms with E-state index in [1.807, 2.05) is 52.0 Å². The lowest BCUT2D eigenvalue weighted by molar-refractivity contribution is -0.274. The summed E-state index contributed by atoms with van der Waals surface area (Å²) < 4.78 is 36.7. The van der Waals surface area contributed by atoms with E-state index < -0.39 is 23.5 Å². The second-order valence-electron chi connectivity index (χ2n) is 13.1. The maximum Gasteiger partial charge on any atom is 0.255 e. The van der Waals surface area contributed by atoms with Crippen LogP contribution in [0.3, 0.4) is 0 Å². The molecule has 0 saturated carbocycles. The molecule has 0 radical (unpaired) electrons. The predicted octanol–water partition coefficient (Wildman–Crippen LogP) is 3.94. The molecule has 1 amide bonds. The Bertz CT molecular complexity index is 1420. The normalized spacial score (nSPS) is 29.0. The number of amides is 1. The van der Waals surface area contributed by atoms with Crippen LogP contribution in [-0.2, 0) is 23.7 Å². The van der Waals surface area contributed by atoms with Crippen molar-refractivity contribution >= 4 is 23.5 Å². The summed E-state index contributed by atoms with van der Waals surface area (Å²) in [7, 11) is 0. The molecule has 4 heterocycles. The number of hydrazone groups is 1. The number of nitrogens with one attached hydrogen (secondary N) is 1. The Morgan fingerprint density at radius 1 is 0.978 bits per heavy atom. The van der Waals surface area contributed by atoms with Crippen LogP contribution < -0.4 is 15.9 Å². The smallest absolute Gasteiger partial charge is 0.255 e. The van der Waals surface area contributed by atoms with Crippen molar-refractivity contribution in [2.24, 2.45) is 15.9 Å². The van der Waals surface area contributed by atoms with Gasteiger partial charge in [0.15, 0.2) is 11.6 Å². The van der Waals surface area contributed by atoms with Crippen molar-refractivity contribution in [2.75, 3.05) is 44.7 Å². The largest absolute Gasteiger partial charge is 0.492 e. The molecule has 4 atom stereocenters. The first-order valence-corrected chi connectivity index (χ1v) is 16.1. The number of hydrogen-bond acceptors (Lipinski definition) is 11. The highest BCUT2D eigenvalue weighted by atomic mass is 16.9. The van der Waals surface area contributed by atoms with E-state index in [1.54, 1.807) is 30.5 Å². The molecule has 4 saturated heterocycles. The molecule has 12 heteroatoms. The summed E-state index contributed by atoms with van der Waals surface area (Å²) in [6, 6.07) is 14.4. The fourth-order valence-corrected chi connectivity index (χ4v) is 6.51. The molecule has 248 valence electrons. The zero-order valence-corrected chi connectivity index (χ0v) is 27.1. The summed E-state index contributed by atoms with van der Waals surface area (Å²) in [5.41, 5.74) is 2.36. The van der Waals surface area contributed by atoms with Crippen molar-refractivity contribution in [1.29, 1.82) is 0 Å². The summed E-state index contributed by atoms with van der Waals surface area (Å²) in [4.78, 5) is 19.9. The van der Waals surface area contributed by atoms with Gasteiger partial charge in [0.1, 0.15) is 36.4 Å². The molecule has 0 unspecified atom stereocenters. The standard InChI is InChI=1S/C34H45N5O7/c1-32(2)43-28-21-42-34(30(29(28)44-32)45-33(3,4)46-34)22-36-20-27(38-35)23-8-12-25(13-9-23)37-31(40)24-10-14-26(15-11-24)41-19-18-39-16-6-5-7-17-39/h8-15,20,28-30H,5-7,16-19,21-22,35H2,1-4H3,(H,37,40)/b36-20?,38-27+/t28-,29-,30+,34+/m1/s1. The minimum atomic E-state index is -1.14. The number of nitrogens with two attached hydrogens (primary N) is 1. The van der Waals surface area contributed by atoms with Gasteiger partial charge in [-0.15, -0.1) is 0 Å². The van der Waals surface area contributed by atoms with Gasteiger partial charge in [0.25, 0.3) is 5.91 Å². The third-order valence-corrected chi connectivity index (χ3v) is 8.62. The van der Waals surface area contributed by atoms with Crippen molar-refractivity contribution < 1.29 is 33.2 Å². The molecule has 6 rings (SSSR count). The third kappa shape index (κ3) is 7.43. The van der Waals surface area contributed by atoms with Crippen LogP contribution in [0, 0.1) is 0 Å². The van der Waals surface area contributed by atoms with Crippen molar-refractivity contribution in [3.8, 4) is 5.75 Å². The molecule has 0 bridgehead atoms. The van der Waals surface area contributed by atoms with Crippen molar-refractivity contribution in [2.45, 2.75) is 82.6 Å². The van der Waals surface area contributed by atoms with Crippen LogP contribution in [0.25, 0.3) is 0 Å². The Balaban J connectivity index is 1.02. The lowest BCUT2D eigenvalue weighted by atomic mass is 9.97. The van der Waals surface area contributed by atoms with Gasteiger partial charge in [0.05, 0.1) is 13.2 Å². The quantitative estimate of drug-likeness (QED) is 0.226. The molecule has 4 aliphatic heterocycles. The lowest BCUT2D eigenvalue weighted by Gasteiger charge is -2.39. The zero-order valence-electron chi connectivity index (χ0n) is 27.1. The summed E-state index contributed by atoms with van der Waals surface area (Å²) in [5, 5.41) is 6.86. The van der Waals surface area contributed by atoms with Crippen LogP contribution in [-0.4, -0.2) is 97.8 Å². The first-order chi connectivity index (χ1) is 22.0. The molecular weight excluding hydrogens is 590 g/mol. The number of ether oxygens (including phenoxy) is 6. The number of rotatable bonds is 10. The van der Waals surface area contributed by atoms with E-state index in [-0.39, 0.29) is 24.7 Å². The van der Waals surface area contributed by atoms with Gasteiger partial charge in [-0.25, -0.2) is 0 Å². The third-order valence-electron chi connectivity index (χ3n) is 8.62. The van der Waals surface area contributed by atoms with Crippen LogP contribution in [0.4, 0.5) is 5.69 Å². The van der Waals surface area contributed by atoms with Crippen LogP contribution in [0.1, 0.15) is 62.9 Å². The van der Waals surface area contributed by atoms with Crippen molar-refractivity contribution in [1.82, 2.24) is 4.90 Å². The lowest BCUT2D eigenvalue weighted by Crippen LogP contribution is -2.59. The van der Waals surface area contributed by atoms with Crippen LogP contribution >= 0.6 is 0 Å². The maximum absolute atomic E-state index is 12.9. The summed E-state index contributed by atoms with van der Waals surface area (Å²) >= 11 is 0. The maximum atomic E-state index is 12.9. The Labute approximate surface area is 270 Å². The van der Waals surface area contributed by atoms with E-state index in [9.17, 15) is 4.79 Å². The Morgan fingerprint density at radius 2 is 1.70 bits per heavy atom. The number of carbonyl (C=O) groups is 1. The van der Waals surface area contributed by atoms with E-state index >= 15 is 0 Å². The monoisotopic (exact) mass is 635 g/mol. The van der Waals surface area contributed by atoms with Gasteiger partial charge < -0.3 is 39.6 Å². The number of nitrogens with zero attached hydrogens (tertiary/aromatic N) is 3. The zero-order chi connectivity index (χ0) is 32.4. The van der Waals surface area contributed by atoms with E-state index in [4.69, 9.17) is 34.3 Å². The molecule has 0 spiro atoms. The molecule has 0 aromatic heterocycles. The Hall–Kier alpha value is -3.39. The van der Waals surface area contributed by atoms with E-state index in [0.29, 0.717) is 30.2 Å². The number of likely N-dealkylation sites (tertiary alicyclic amines) is 1. The topological polar surface area (TPSA) is 138 Å². The number of anilines is 1. The molecule has 2 aromatic rings. The van der Waals surface area contributed by atoms with Crippen molar-refractivity contribution in [3.63, 3.8) is 0 Å². The number of hydrogen-bond donors (Lipinski definition) is 2. The van der Waals surface area contributed by atoms with E-state index in [1.165, 1.54) is 19.3 Å². The van der Waals surface area contributed by atoms with Gasteiger partial charge in [-0.2, -0.15) is 5.10 Å². The van der Waals surface area contributed by atoms with E-state index in [0.717, 1.165) is 30.9 Å². The summed E-state index contributed by atoms with van der Waals surface area (Å²) in [5.74, 6) is 3.50. The minimum absolute atomic E-state index is 0.142. The van der Waals surface area contributed by atoms with Gasteiger partial charge in [0, 0.05) is 29.6 Å².